The molecule has 1 heterocycles. The molecule has 0 aliphatic carbocycles. The third-order valence-corrected chi connectivity index (χ3v) is 1.96. The lowest BCUT2D eigenvalue weighted by Crippen LogP contribution is -2.26. The first kappa shape index (κ1) is 13.2. The van der Waals surface area contributed by atoms with E-state index in [-0.39, 0.29) is 18.4 Å². The molecule has 0 aliphatic heterocycles. The van der Waals surface area contributed by atoms with Crippen LogP contribution in [0.2, 0.25) is 0 Å². The van der Waals surface area contributed by atoms with Crippen LogP contribution in [-0.2, 0) is 16.1 Å². The van der Waals surface area contributed by atoms with Gasteiger partial charge in [0.15, 0.2) is 0 Å². The van der Waals surface area contributed by atoms with Crippen LogP contribution >= 0.6 is 0 Å². The van der Waals surface area contributed by atoms with Gasteiger partial charge in [0, 0.05) is 0 Å². The molecule has 7 nitrogen and oxygen atoms in total. The quantitative estimate of drug-likeness (QED) is 0.423. The van der Waals surface area contributed by atoms with E-state index in [1.807, 2.05) is 0 Å². The van der Waals surface area contributed by atoms with E-state index in [2.05, 4.69) is 0 Å². The average molecular weight is 242 g/mol. The van der Waals surface area contributed by atoms with Gasteiger partial charge >= 0.3 is 11.9 Å². The number of nitro groups is 1. The topological polar surface area (TPSA) is 85.8 Å². The number of esters is 1. The smallest absolute Gasteiger partial charge is 0.433 e. The minimum atomic E-state index is -0.602. The first-order valence-corrected chi connectivity index (χ1v) is 5.10. The summed E-state index contributed by atoms with van der Waals surface area (Å²) < 4.78 is 9.74. The summed E-state index contributed by atoms with van der Waals surface area (Å²) in [5.41, 5.74) is 0. The van der Waals surface area contributed by atoms with Crippen molar-refractivity contribution in [2.45, 2.75) is 13.5 Å². The molecule has 0 amide bonds. The van der Waals surface area contributed by atoms with E-state index in [0.29, 0.717) is 18.9 Å². The predicted octanol–water partition coefficient (Wildman–Crippen LogP) is 1.18. The van der Waals surface area contributed by atoms with E-state index in [4.69, 9.17) is 9.15 Å². The van der Waals surface area contributed by atoms with E-state index in [1.54, 1.807) is 18.9 Å². The van der Waals surface area contributed by atoms with Crippen LogP contribution in [0.4, 0.5) is 5.88 Å². The molecule has 0 aliphatic rings. The molecule has 17 heavy (non-hydrogen) atoms. The summed E-state index contributed by atoms with van der Waals surface area (Å²) in [6.45, 7) is 2.49. The molecule has 0 fully saturated rings. The molecule has 0 saturated carbocycles. The maximum atomic E-state index is 11.2. The van der Waals surface area contributed by atoms with Gasteiger partial charge in [-0.2, -0.15) is 0 Å². The molecule has 7 heteroatoms. The first-order valence-electron chi connectivity index (χ1n) is 5.10. The largest absolute Gasteiger partial charge is 0.465 e. The SMILES string of the molecule is CCOC(=O)CN(C)Cc1ccc([N+](=O)[O-])o1. The number of hydrogen-bond acceptors (Lipinski definition) is 6. The zero-order valence-electron chi connectivity index (χ0n) is 9.71. The molecule has 0 spiro atoms. The maximum absolute atomic E-state index is 11.2. The van der Waals surface area contributed by atoms with Crippen LogP contribution in [0.25, 0.3) is 0 Å². The van der Waals surface area contributed by atoms with E-state index < -0.39 is 4.92 Å². The highest BCUT2D eigenvalue weighted by Gasteiger charge is 2.14. The number of carbonyl (C=O) groups excluding carboxylic acids is 1. The molecular weight excluding hydrogens is 228 g/mol. The van der Waals surface area contributed by atoms with E-state index in [9.17, 15) is 14.9 Å². The van der Waals surface area contributed by atoms with Gasteiger partial charge < -0.3 is 9.15 Å². The number of hydrogen-bond donors (Lipinski definition) is 0. The van der Waals surface area contributed by atoms with Gasteiger partial charge in [-0.3, -0.25) is 19.8 Å². The van der Waals surface area contributed by atoms with Gasteiger partial charge in [-0.15, -0.1) is 0 Å². The molecule has 1 aromatic heterocycles. The Hall–Kier alpha value is -1.89. The Balaban J connectivity index is 2.47. The van der Waals surface area contributed by atoms with Gasteiger partial charge in [0.05, 0.1) is 25.8 Å². The van der Waals surface area contributed by atoms with E-state index in [0.717, 1.165) is 0 Å². The van der Waals surface area contributed by atoms with Crippen molar-refractivity contribution in [1.82, 2.24) is 4.90 Å². The van der Waals surface area contributed by atoms with Gasteiger partial charge in [-0.05, 0) is 20.0 Å². The molecule has 1 rings (SSSR count). The van der Waals surface area contributed by atoms with E-state index in [1.165, 1.54) is 12.1 Å². The van der Waals surface area contributed by atoms with Crippen LogP contribution < -0.4 is 0 Å². The highest BCUT2D eigenvalue weighted by Crippen LogP contribution is 2.16. The third kappa shape index (κ3) is 4.23. The third-order valence-electron chi connectivity index (χ3n) is 1.96. The van der Waals surface area contributed by atoms with Crippen LogP contribution in [0.15, 0.2) is 16.5 Å². The van der Waals surface area contributed by atoms with Crippen LogP contribution in [0.1, 0.15) is 12.7 Å². The van der Waals surface area contributed by atoms with Crippen molar-refractivity contribution >= 4 is 11.9 Å². The number of rotatable bonds is 6. The molecule has 0 saturated heterocycles. The van der Waals surface area contributed by atoms with Gasteiger partial charge in [0.2, 0.25) is 0 Å². The summed E-state index contributed by atoms with van der Waals surface area (Å²) in [6, 6.07) is 2.80. The standard InChI is InChI=1S/C10H14N2O5/c1-3-16-10(13)7-11(2)6-8-4-5-9(17-8)12(14)15/h4-5H,3,6-7H2,1-2H3. The zero-order valence-corrected chi connectivity index (χ0v) is 9.71. The van der Waals surface area contributed by atoms with Crippen LogP contribution in [-0.4, -0.2) is 36.0 Å². The first-order chi connectivity index (χ1) is 8.02. The summed E-state index contributed by atoms with van der Waals surface area (Å²) in [4.78, 5) is 22.6. The van der Waals surface area contributed by atoms with Crippen molar-refractivity contribution in [2.75, 3.05) is 20.2 Å². The number of nitrogens with zero attached hydrogens (tertiary/aromatic N) is 2. The fraction of sp³-hybridized carbons (Fsp3) is 0.500. The average Bonchev–Trinajstić information content (AvgIpc) is 2.66. The van der Waals surface area contributed by atoms with Gasteiger partial charge in [-0.25, -0.2) is 0 Å². The Morgan fingerprint density at radius 2 is 2.29 bits per heavy atom. The lowest BCUT2D eigenvalue weighted by atomic mass is 10.4. The van der Waals surface area contributed by atoms with E-state index >= 15 is 0 Å². The molecule has 0 atom stereocenters. The van der Waals surface area contributed by atoms with Crippen molar-refractivity contribution in [3.05, 3.63) is 28.0 Å². The van der Waals surface area contributed by atoms with Crippen molar-refractivity contribution in [3.63, 3.8) is 0 Å². The summed E-state index contributed by atoms with van der Waals surface area (Å²) in [6.07, 6.45) is 0. The molecular formula is C10H14N2O5. The van der Waals surface area contributed by atoms with Crippen molar-refractivity contribution in [1.29, 1.82) is 0 Å². The Morgan fingerprint density at radius 1 is 1.59 bits per heavy atom. The van der Waals surface area contributed by atoms with Crippen molar-refractivity contribution in [2.24, 2.45) is 0 Å². The normalized spacial score (nSPS) is 10.5. The van der Waals surface area contributed by atoms with Gasteiger partial charge in [-0.1, -0.05) is 0 Å². The van der Waals surface area contributed by atoms with Crippen LogP contribution in [0, 0.1) is 10.1 Å². The zero-order chi connectivity index (χ0) is 12.8. The number of likely N-dealkylation sites (N-methyl/N-ethyl adjacent to an activating group) is 1. The predicted molar refractivity (Wildman–Crippen MR) is 58.3 cm³/mol. The number of furan rings is 1. The summed E-state index contributed by atoms with van der Waals surface area (Å²) in [5.74, 6) is -0.205. The molecule has 0 radical (unpaired) electrons. The summed E-state index contributed by atoms with van der Waals surface area (Å²) in [7, 11) is 1.70. The molecule has 1 aromatic rings. The Morgan fingerprint density at radius 3 is 2.82 bits per heavy atom. The van der Waals surface area contributed by atoms with Crippen molar-refractivity contribution in [3.8, 4) is 0 Å². The lowest BCUT2D eigenvalue weighted by Gasteiger charge is -2.13. The highest BCUT2D eigenvalue weighted by atomic mass is 16.6. The fourth-order valence-corrected chi connectivity index (χ4v) is 1.30. The Kier molecular flexibility index (Phi) is 4.65. The summed E-state index contributed by atoms with van der Waals surface area (Å²) in [5, 5.41) is 10.4. The lowest BCUT2D eigenvalue weighted by molar-refractivity contribution is -0.402. The second-order valence-electron chi connectivity index (χ2n) is 3.47. The molecule has 0 unspecified atom stereocenters. The second kappa shape index (κ2) is 6.00. The van der Waals surface area contributed by atoms with Crippen molar-refractivity contribution < 1.29 is 18.9 Å². The monoisotopic (exact) mass is 242 g/mol. The molecule has 94 valence electrons. The minimum Gasteiger partial charge on any atom is -0.465 e. The molecule has 0 N–H and O–H groups in total. The fourth-order valence-electron chi connectivity index (χ4n) is 1.30. The minimum absolute atomic E-state index is 0.113. The molecule has 0 aromatic carbocycles. The van der Waals surface area contributed by atoms with Crippen LogP contribution in [0.5, 0.6) is 0 Å². The maximum Gasteiger partial charge on any atom is 0.433 e. The second-order valence-corrected chi connectivity index (χ2v) is 3.47. The van der Waals surface area contributed by atoms with Crippen LogP contribution in [0.3, 0.4) is 0 Å². The number of ether oxygens (including phenoxy) is 1. The highest BCUT2D eigenvalue weighted by molar-refractivity contribution is 5.71. The van der Waals surface area contributed by atoms with Gasteiger partial charge in [0.1, 0.15) is 10.7 Å². The molecule has 0 bridgehead atoms. The Labute approximate surface area is 98.1 Å². The van der Waals surface area contributed by atoms with Gasteiger partial charge in [0.25, 0.3) is 0 Å². The Bertz CT molecular complexity index is 401. The summed E-state index contributed by atoms with van der Waals surface area (Å²) >= 11 is 0. The number of carbonyl (C=O) groups is 1.